The number of carbonyl (C=O) groups is 2. The number of benzene rings is 3. The number of hydrogen-bond acceptors (Lipinski definition) is 8. The van der Waals surface area contributed by atoms with Gasteiger partial charge in [0.25, 0.3) is 0 Å². The zero-order chi connectivity index (χ0) is 37.7. The molecule has 3 aromatic carbocycles. The summed E-state index contributed by atoms with van der Waals surface area (Å²) in [4.78, 5) is 26.1. The molecule has 0 aromatic heterocycles. The van der Waals surface area contributed by atoms with Crippen molar-refractivity contribution in [2.75, 3.05) is 53.6 Å². The van der Waals surface area contributed by atoms with E-state index in [1.54, 1.807) is 0 Å². The van der Waals surface area contributed by atoms with Crippen LogP contribution in [0.15, 0.2) is 84.9 Å². The maximum Gasteiger partial charge on any atom is 0.316 e. The van der Waals surface area contributed by atoms with Crippen molar-refractivity contribution in [3.8, 4) is 11.5 Å². The highest BCUT2D eigenvalue weighted by Crippen LogP contribution is 2.44. The Morgan fingerprint density at radius 1 is 0.574 bits per heavy atom. The lowest BCUT2D eigenvalue weighted by molar-refractivity contribution is -0.949. The summed E-state index contributed by atoms with van der Waals surface area (Å²) in [6, 6.07) is 28.4. The molecule has 4 saturated heterocycles. The van der Waals surface area contributed by atoms with Crippen LogP contribution in [0.2, 0.25) is 0 Å². The molecule has 0 saturated carbocycles. The summed E-state index contributed by atoms with van der Waals surface area (Å²) in [6.07, 6.45) is 7.61. The number of fused-ring (bicyclic) bond motifs is 4. The van der Waals surface area contributed by atoms with Gasteiger partial charge in [0.2, 0.25) is 0 Å². The maximum atomic E-state index is 13.0. The van der Waals surface area contributed by atoms with E-state index >= 15 is 0 Å². The summed E-state index contributed by atoms with van der Waals surface area (Å²) in [5.41, 5.74) is 1.57. The second-order valence-electron chi connectivity index (χ2n) is 16.4. The molecule has 54 heavy (non-hydrogen) atoms. The predicted molar refractivity (Wildman–Crippen MR) is 204 cm³/mol. The van der Waals surface area contributed by atoms with Gasteiger partial charge in [-0.05, 0) is 35.4 Å². The van der Waals surface area contributed by atoms with E-state index in [-0.39, 0.29) is 37.4 Å². The fourth-order valence-electron chi connectivity index (χ4n) is 10.2. The Bertz CT molecular complexity index is 1540. The number of aliphatic hydroxyl groups is 2. The normalized spacial score (nSPS) is 31.0. The third kappa shape index (κ3) is 8.17. The van der Waals surface area contributed by atoms with Gasteiger partial charge in [0, 0.05) is 51.4 Å². The van der Waals surface area contributed by atoms with E-state index in [0.29, 0.717) is 37.4 Å². The first kappa shape index (κ1) is 38.3. The summed E-state index contributed by atoms with van der Waals surface area (Å²) in [5, 5.41) is 19.9. The van der Waals surface area contributed by atoms with E-state index in [2.05, 4.69) is 14.1 Å². The molecule has 7 rings (SSSR count). The van der Waals surface area contributed by atoms with Crippen LogP contribution in [0.1, 0.15) is 74.3 Å². The van der Waals surface area contributed by atoms with Crippen LogP contribution in [0.4, 0.5) is 0 Å². The van der Waals surface area contributed by atoms with Gasteiger partial charge in [-0.25, -0.2) is 0 Å². The highest BCUT2D eigenvalue weighted by atomic mass is 16.6. The zero-order valence-electron chi connectivity index (χ0n) is 31.8. The van der Waals surface area contributed by atoms with Crippen LogP contribution in [0.25, 0.3) is 0 Å². The molecule has 4 aliphatic heterocycles. The van der Waals surface area contributed by atoms with Gasteiger partial charge in [-0.1, -0.05) is 60.7 Å². The van der Waals surface area contributed by atoms with E-state index in [4.69, 9.17) is 18.9 Å². The number of ether oxygens (including phenoxy) is 4. The molecule has 4 bridgehead atoms. The van der Waals surface area contributed by atoms with Crippen molar-refractivity contribution in [3.63, 3.8) is 0 Å². The Morgan fingerprint density at radius 3 is 1.22 bits per heavy atom. The van der Waals surface area contributed by atoms with Gasteiger partial charge >= 0.3 is 11.9 Å². The average Bonchev–Trinajstić information content (AvgIpc) is 3.41. The molecule has 4 aliphatic rings. The molecule has 4 heterocycles. The van der Waals surface area contributed by atoms with Crippen molar-refractivity contribution in [2.24, 2.45) is 0 Å². The van der Waals surface area contributed by atoms with Crippen LogP contribution >= 0.6 is 0 Å². The van der Waals surface area contributed by atoms with E-state index in [0.717, 1.165) is 96.0 Å². The van der Waals surface area contributed by atoms with Crippen molar-refractivity contribution >= 4 is 11.9 Å². The molecule has 0 amide bonds. The summed E-state index contributed by atoms with van der Waals surface area (Å²) in [5.74, 6) is -0.310. The van der Waals surface area contributed by atoms with Gasteiger partial charge < -0.3 is 38.1 Å². The van der Waals surface area contributed by atoms with Crippen LogP contribution in [0, 0.1) is 0 Å². The molecule has 6 unspecified atom stereocenters. The number of nitrogens with zero attached hydrogens (tertiary/aromatic N) is 2. The standard InChI is InChI=1S/C44H58N2O8/c1-45(33-13-14-34(45)26-39(25-33)53-43(49)41(29-47)31-9-5-3-6-10-31)21-23-51-37-17-19-38(20-18-37)52-24-22-46(2)35-15-16-36(46)28-40(27-35)54-44(50)42(30-48)32-11-7-4-8-12-32/h3-12,17-20,33-36,39-42,47-48H,13-16,21-30H2,1-2H3/q+2. The van der Waals surface area contributed by atoms with E-state index < -0.39 is 11.8 Å². The highest BCUT2D eigenvalue weighted by molar-refractivity contribution is 5.79. The molecule has 10 nitrogen and oxygen atoms in total. The predicted octanol–water partition coefficient (Wildman–Crippen LogP) is 5.36. The fraction of sp³-hybridized carbons (Fsp3) is 0.545. The first-order valence-electron chi connectivity index (χ1n) is 20.0. The molecule has 0 spiro atoms. The largest absolute Gasteiger partial charge is 0.488 e. The third-order valence-electron chi connectivity index (χ3n) is 13.6. The van der Waals surface area contributed by atoms with E-state index in [9.17, 15) is 19.8 Å². The number of aliphatic hydroxyl groups excluding tert-OH is 2. The lowest BCUT2D eigenvalue weighted by Gasteiger charge is -2.46. The van der Waals surface area contributed by atoms with E-state index in [1.807, 2.05) is 84.9 Å². The Balaban J connectivity index is 0.833. The average molecular weight is 743 g/mol. The number of hydrogen-bond donors (Lipinski definition) is 2. The van der Waals surface area contributed by atoms with E-state index in [1.165, 1.54) is 0 Å². The Morgan fingerprint density at radius 2 is 0.907 bits per heavy atom. The molecular weight excluding hydrogens is 684 g/mol. The summed E-state index contributed by atoms with van der Waals surface area (Å²) in [6.45, 7) is 2.49. The monoisotopic (exact) mass is 742 g/mol. The molecule has 0 aliphatic carbocycles. The first-order chi connectivity index (χ1) is 26.2. The van der Waals surface area contributed by atoms with Crippen molar-refractivity contribution in [2.45, 2.75) is 99.6 Å². The lowest BCUT2D eigenvalue weighted by Crippen LogP contribution is -2.60. The zero-order valence-corrected chi connectivity index (χ0v) is 31.8. The van der Waals surface area contributed by atoms with Crippen LogP contribution in [0.5, 0.6) is 11.5 Å². The minimum atomic E-state index is -0.646. The fourth-order valence-corrected chi connectivity index (χ4v) is 10.2. The second kappa shape index (κ2) is 16.8. The van der Waals surface area contributed by atoms with Crippen LogP contribution < -0.4 is 9.47 Å². The van der Waals surface area contributed by atoms with Gasteiger partial charge in [0.1, 0.15) is 61.8 Å². The molecule has 0 radical (unpaired) electrons. The number of likely N-dealkylation sites (N-methyl/N-ethyl adjacent to an activating group) is 2. The number of rotatable bonds is 16. The third-order valence-corrected chi connectivity index (χ3v) is 13.6. The van der Waals surface area contributed by atoms with Crippen molar-refractivity contribution < 1.29 is 47.7 Å². The molecule has 3 aromatic rings. The van der Waals surface area contributed by atoms with Crippen molar-refractivity contribution in [3.05, 3.63) is 96.1 Å². The van der Waals surface area contributed by atoms with Crippen LogP contribution in [-0.4, -0.2) is 121 Å². The Hall–Kier alpha value is -3.96. The number of carbonyl (C=O) groups excluding carboxylic acids is 2. The molecule has 290 valence electrons. The Labute approximate surface area is 319 Å². The molecule has 6 atom stereocenters. The second-order valence-corrected chi connectivity index (χ2v) is 16.4. The molecular formula is C44H58N2O8+2. The Kier molecular flexibility index (Phi) is 11.9. The van der Waals surface area contributed by atoms with Crippen molar-refractivity contribution in [1.82, 2.24) is 0 Å². The summed E-state index contributed by atoms with van der Waals surface area (Å²) in [7, 11) is 4.65. The van der Waals surface area contributed by atoms with Gasteiger partial charge in [0.15, 0.2) is 0 Å². The number of esters is 2. The number of quaternary nitrogens is 2. The van der Waals surface area contributed by atoms with Gasteiger partial charge in [0.05, 0.1) is 51.5 Å². The molecule has 4 fully saturated rings. The van der Waals surface area contributed by atoms with Gasteiger partial charge in [-0.15, -0.1) is 0 Å². The summed E-state index contributed by atoms with van der Waals surface area (Å²) >= 11 is 0. The lowest BCUT2D eigenvalue weighted by atomic mass is 9.96. The van der Waals surface area contributed by atoms with Crippen molar-refractivity contribution in [1.29, 1.82) is 0 Å². The van der Waals surface area contributed by atoms with Gasteiger partial charge in [-0.3, -0.25) is 9.59 Å². The van der Waals surface area contributed by atoms with Crippen LogP contribution in [0.3, 0.4) is 0 Å². The first-order valence-corrected chi connectivity index (χ1v) is 20.0. The SMILES string of the molecule is C[N+]1(CCOc2ccc(OCC[N+]3(C)C4CCC3CC(OC(=O)C(CO)c3ccccc3)C4)cc2)C2CCC1CC(OC(=O)C(CO)c1ccccc1)C2. The molecule has 10 heteroatoms. The highest BCUT2D eigenvalue weighted by Gasteiger charge is 2.53. The number of piperidine rings is 2. The smallest absolute Gasteiger partial charge is 0.316 e. The quantitative estimate of drug-likeness (QED) is 0.149. The minimum absolute atomic E-state index is 0.116. The summed E-state index contributed by atoms with van der Waals surface area (Å²) < 4.78 is 26.4. The van der Waals surface area contributed by atoms with Crippen LogP contribution in [-0.2, 0) is 19.1 Å². The topological polar surface area (TPSA) is 112 Å². The minimum Gasteiger partial charge on any atom is -0.488 e. The molecule has 2 N–H and O–H groups in total. The maximum absolute atomic E-state index is 13.0. The van der Waals surface area contributed by atoms with Gasteiger partial charge in [-0.2, -0.15) is 0 Å².